The standard InChI is InChI=1S/C21H24N3O5P/c1-12-4-5-13(15(30)8-12)9-22-20(26)14-10-23-11-16-24(6-3-7-29-16)21(27)17(23)19(28-2)18(14)25/h4-5,8,10,16H,3,6-7,9,11,30H2,1-2H3,(H,22,26). The first-order valence-electron chi connectivity index (χ1n) is 9.78. The van der Waals surface area contributed by atoms with Crippen molar-refractivity contribution in [1.29, 1.82) is 0 Å². The van der Waals surface area contributed by atoms with Crippen LogP contribution in [0.2, 0.25) is 0 Å². The van der Waals surface area contributed by atoms with Gasteiger partial charge in [0.2, 0.25) is 5.43 Å². The Bertz CT molecular complexity index is 1080. The molecule has 2 amide bonds. The molecule has 2 aliphatic heterocycles. The van der Waals surface area contributed by atoms with Crippen molar-refractivity contribution < 1.29 is 19.1 Å². The number of pyridine rings is 1. The van der Waals surface area contributed by atoms with Gasteiger partial charge in [-0.25, -0.2) is 0 Å². The maximum atomic E-state index is 12.9. The molecule has 1 N–H and O–H groups in total. The molecule has 0 spiro atoms. The SMILES string of the molecule is COc1c2n(cc(C(=O)NCc3ccc(C)cc3P)c1=O)CC1OCCCN1C2=O. The van der Waals surface area contributed by atoms with Gasteiger partial charge in [-0.2, -0.15) is 0 Å². The van der Waals surface area contributed by atoms with E-state index in [1.165, 1.54) is 13.3 Å². The molecule has 158 valence electrons. The van der Waals surface area contributed by atoms with Crippen LogP contribution >= 0.6 is 9.24 Å². The second kappa shape index (κ2) is 8.20. The van der Waals surface area contributed by atoms with Gasteiger partial charge in [-0.15, -0.1) is 9.24 Å². The van der Waals surface area contributed by atoms with Gasteiger partial charge in [0.15, 0.2) is 17.7 Å². The number of nitrogens with zero attached hydrogens (tertiary/aromatic N) is 2. The number of aryl methyl sites for hydroxylation is 1. The van der Waals surface area contributed by atoms with Crippen molar-refractivity contribution in [3.63, 3.8) is 0 Å². The van der Waals surface area contributed by atoms with Gasteiger partial charge in [0.25, 0.3) is 11.8 Å². The minimum atomic E-state index is -0.596. The molecular formula is C21H24N3O5P. The fourth-order valence-electron chi connectivity index (χ4n) is 3.88. The highest BCUT2D eigenvalue weighted by Crippen LogP contribution is 2.26. The van der Waals surface area contributed by atoms with Crippen LogP contribution in [-0.4, -0.2) is 47.8 Å². The average molecular weight is 429 g/mol. The molecule has 1 fully saturated rings. The van der Waals surface area contributed by atoms with Crippen LogP contribution in [0, 0.1) is 6.92 Å². The Morgan fingerprint density at radius 1 is 1.37 bits per heavy atom. The van der Waals surface area contributed by atoms with Gasteiger partial charge < -0.3 is 24.3 Å². The topological polar surface area (TPSA) is 89.9 Å². The van der Waals surface area contributed by atoms with Crippen molar-refractivity contribution in [3.05, 3.63) is 57.0 Å². The van der Waals surface area contributed by atoms with Crippen molar-refractivity contribution >= 4 is 26.4 Å². The quantitative estimate of drug-likeness (QED) is 0.727. The molecule has 1 aromatic carbocycles. The Hall–Kier alpha value is -2.70. The molecule has 2 aromatic rings. The molecule has 0 aliphatic carbocycles. The summed E-state index contributed by atoms with van der Waals surface area (Å²) >= 11 is 0. The van der Waals surface area contributed by atoms with E-state index in [4.69, 9.17) is 9.47 Å². The largest absolute Gasteiger partial charge is 0.491 e. The van der Waals surface area contributed by atoms with Gasteiger partial charge in [-0.1, -0.05) is 23.8 Å². The number of hydrogen-bond donors (Lipinski definition) is 1. The Kier molecular flexibility index (Phi) is 5.62. The van der Waals surface area contributed by atoms with Gasteiger partial charge in [-0.05, 0) is 24.2 Å². The second-order valence-corrected chi connectivity index (χ2v) is 8.09. The van der Waals surface area contributed by atoms with Crippen LogP contribution in [0.1, 0.15) is 38.4 Å². The van der Waals surface area contributed by atoms with Crippen molar-refractivity contribution in [1.82, 2.24) is 14.8 Å². The number of amides is 2. The number of methoxy groups -OCH3 is 1. The number of carbonyl (C=O) groups excluding carboxylic acids is 2. The highest BCUT2D eigenvalue weighted by atomic mass is 31.0. The van der Waals surface area contributed by atoms with Gasteiger partial charge in [0.1, 0.15) is 5.56 Å². The third-order valence-electron chi connectivity index (χ3n) is 5.45. The van der Waals surface area contributed by atoms with Crippen LogP contribution < -0.4 is 20.8 Å². The summed E-state index contributed by atoms with van der Waals surface area (Å²) in [5.74, 6) is -0.948. The summed E-state index contributed by atoms with van der Waals surface area (Å²) in [6, 6.07) is 5.91. The van der Waals surface area contributed by atoms with E-state index in [0.717, 1.165) is 22.9 Å². The zero-order valence-corrected chi connectivity index (χ0v) is 18.1. The van der Waals surface area contributed by atoms with Gasteiger partial charge in [-0.3, -0.25) is 14.4 Å². The molecule has 0 bridgehead atoms. The normalized spacial score (nSPS) is 17.9. The first-order chi connectivity index (χ1) is 14.4. The van der Waals surface area contributed by atoms with E-state index in [1.807, 2.05) is 25.1 Å². The number of rotatable bonds is 4. The molecule has 3 heterocycles. The van der Waals surface area contributed by atoms with E-state index in [1.54, 1.807) is 9.47 Å². The molecule has 1 aromatic heterocycles. The highest BCUT2D eigenvalue weighted by Gasteiger charge is 2.38. The monoisotopic (exact) mass is 429 g/mol. The Morgan fingerprint density at radius 3 is 2.90 bits per heavy atom. The van der Waals surface area contributed by atoms with E-state index in [2.05, 4.69) is 14.6 Å². The number of benzene rings is 1. The van der Waals surface area contributed by atoms with Crippen LogP contribution in [0.15, 0.2) is 29.2 Å². The summed E-state index contributed by atoms with van der Waals surface area (Å²) in [6.45, 7) is 3.75. The number of aromatic nitrogens is 1. The molecule has 2 unspecified atom stereocenters. The van der Waals surface area contributed by atoms with Crippen molar-refractivity contribution in [2.45, 2.75) is 32.7 Å². The van der Waals surface area contributed by atoms with Crippen molar-refractivity contribution in [2.75, 3.05) is 20.3 Å². The Balaban J connectivity index is 1.65. The summed E-state index contributed by atoms with van der Waals surface area (Å²) < 4.78 is 12.6. The summed E-state index contributed by atoms with van der Waals surface area (Å²) in [5.41, 5.74) is 1.56. The van der Waals surface area contributed by atoms with Crippen molar-refractivity contribution in [3.8, 4) is 5.75 Å². The van der Waals surface area contributed by atoms with Crippen molar-refractivity contribution in [2.24, 2.45) is 0 Å². The number of ether oxygens (including phenoxy) is 2. The molecule has 30 heavy (non-hydrogen) atoms. The van der Waals surface area contributed by atoms with Crippen LogP contribution in [0.5, 0.6) is 5.75 Å². The lowest BCUT2D eigenvalue weighted by atomic mass is 10.1. The van der Waals surface area contributed by atoms with E-state index in [0.29, 0.717) is 19.7 Å². The fraction of sp³-hybridized carbons (Fsp3) is 0.381. The van der Waals surface area contributed by atoms with E-state index in [9.17, 15) is 14.4 Å². The van der Waals surface area contributed by atoms with Gasteiger partial charge in [0.05, 0.1) is 20.3 Å². The lowest BCUT2D eigenvalue weighted by Gasteiger charge is -2.40. The second-order valence-electron chi connectivity index (χ2n) is 7.47. The first-order valence-corrected chi connectivity index (χ1v) is 10.4. The van der Waals surface area contributed by atoms with E-state index in [-0.39, 0.29) is 29.5 Å². The molecule has 4 rings (SSSR count). The third kappa shape index (κ3) is 3.61. The maximum Gasteiger partial charge on any atom is 0.276 e. The summed E-state index contributed by atoms with van der Waals surface area (Å²) in [6.07, 6.45) is 1.76. The van der Waals surface area contributed by atoms with Gasteiger partial charge >= 0.3 is 0 Å². The predicted molar refractivity (Wildman–Crippen MR) is 114 cm³/mol. The number of hydrogen-bond acceptors (Lipinski definition) is 5. The highest BCUT2D eigenvalue weighted by molar-refractivity contribution is 7.27. The number of carbonyl (C=O) groups is 2. The zero-order chi connectivity index (χ0) is 21.4. The lowest BCUT2D eigenvalue weighted by molar-refractivity contribution is -0.0920. The summed E-state index contributed by atoms with van der Waals surface area (Å²) in [5, 5.41) is 3.78. The zero-order valence-electron chi connectivity index (χ0n) is 16.9. The Labute approximate surface area is 176 Å². The molecular weight excluding hydrogens is 405 g/mol. The fourth-order valence-corrected chi connectivity index (χ4v) is 4.34. The molecule has 1 saturated heterocycles. The molecule has 2 atom stereocenters. The minimum Gasteiger partial charge on any atom is -0.491 e. The minimum absolute atomic E-state index is 0.0647. The number of fused-ring (bicyclic) bond motifs is 2. The molecule has 0 radical (unpaired) electrons. The smallest absolute Gasteiger partial charge is 0.276 e. The average Bonchev–Trinajstić information content (AvgIpc) is 2.73. The first kappa shape index (κ1) is 20.6. The van der Waals surface area contributed by atoms with Crippen LogP contribution in [0.25, 0.3) is 0 Å². The van der Waals surface area contributed by atoms with Crippen LogP contribution in [0.4, 0.5) is 0 Å². The summed E-state index contributed by atoms with van der Waals surface area (Å²) in [4.78, 5) is 40.3. The van der Waals surface area contributed by atoms with Gasteiger partial charge in [0, 0.05) is 19.3 Å². The maximum absolute atomic E-state index is 12.9. The third-order valence-corrected chi connectivity index (χ3v) is 5.98. The van der Waals surface area contributed by atoms with E-state index < -0.39 is 17.6 Å². The van der Waals surface area contributed by atoms with Crippen LogP contribution in [0.3, 0.4) is 0 Å². The molecule has 8 nitrogen and oxygen atoms in total. The molecule has 0 saturated carbocycles. The summed E-state index contributed by atoms with van der Waals surface area (Å²) in [7, 11) is 3.98. The molecule has 2 aliphatic rings. The lowest BCUT2D eigenvalue weighted by Crippen LogP contribution is -2.53. The Morgan fingerprint density at radius 2 is 2.17 bits per heavy atom. The number of nitrogens with one attached hydrogen (secondary N) is 1. The van der Waals surface area contributed by atoms with Crippen LogP contribution in [-0.2, 0) is 17.8 Å². The van der Waals surface area contributed by atoms with E-state index >= 15 is 0 Å². The molecule has 9 heteroatoms. The predicted octanol–water partition coefficient (Wildman–Crippen LogP) is 0.798.